The van der Waals surface area contributed by atoms with Crippen LogP contribution in [0.25, 0.3) is 0 Å². The van der Waals surface area contributed by atoms with Gasteiger partial charge in [0.05, 0.1) is 13.0 Å². The lowest BCUT2D eigenvalue weighted by Crippen LogP contribution is -2.25. The van der Waals surface area contributed by atoms with Crippen LogP contribution in [0.5, 0.6) is 5.75 Å². The molecular weight excluding hydrogens is 248 g/mol. The van der Waals surface area contributed by atoms with Crippen LogP contribution in [0.1, 0.15) is 19.4 Å². The highest BCUT2D eigenvalue weighted by Gasteiger charge is 2.32. The van der Waals surface area contributed by atoms with E-state index in [1.807, 2.05) is 13.8 Å². The lowest BCUT2D eigenvalue weighted by atomic mass is 10.1. The lowest BCUT2D eigenvalue weighted by molar-refractivity contribution is -0.141. The summed E-state index contributed by atoms with van der Waals surface area (Å²) in [5.41, 5.74) is 0.751. The van der Waals surface area contributed by atoms with Crippen LogP contribution in [0, 0.1) is 0 Å². The summed E-state index contributed by atoms with van der Waals surface area (Å²) in [7, 11) is 0. The van der Waals surface area contributed by atoms with Crippen LogP contribution in [-0.4, -0.2) is 36.2 Å². The molecule has 1 aliphatic heterocycles. The van der Waals surface area contributed by atoms with Crippen molar-refractivity contribution in [1.29, 1.82) is 0 Å². The Morgan fingerprint density at radius 1 is 1.42 bits per heavy atom. The van der Waals surface area contributed by atoms with E-state index in [2.05, 4.69) is 0 Å². The number of hydrogen-bond donors (Lipinski definition) is 1. The fourth-order valence-corrected chi connectivity index (χ4v) is 1.91. The number of aliphatic carboxylic acids is 1. The third kappa shape index (κ3) is 4.22. The zero-order chi connectivity index (χ0) is 13.9. The van der Waals surface area contributed by atoms with E-state index in [1.54, 1.807) is 24.3 Å². The number of rotatable bonds is 5. The summed E-state index contributed by atoms with van der Waals surface area (Å²) in [4.78, 5) is 10.6. The molecule has 1 aliphatic rings. The summed E-state index contributed by atoms with van der Waals surface area (Å²) >= 11 is 0. The first-order chi connectivity index (χ1) is 8.94. The highest BCUT2D eigenvalue weighted by atomic mass is 16.7. The molecule has 19 heavy (non-hydrogen) atoms. The van der Waals surface area contributed by atoms with Gasteiger partial charge < -0.3 is 19.3 Å². The van der Waals surface area contributed by atoms with E-state index in [0.29, 0.717) is 19.0 Å². The maximum atomic E-state index is 10.6. The molecule has 0 aromatic heterocycles. The van der Waals surface area contributed by atoms with E-state index in [1.165, 1.54) is 0 Å². The van der Waals surface area contributed by atoms with Gasteiger partial charge in [0.1, 0.15) is 18.5 Å². The first-order valence-electron chi connectivity index (χ1n) is 6.20. The van der Waals surface area contributed by atoms with Crippen molar-refractivity contribution in [3.05, 3.63) is 29.8 Å². The molecule has 0 amide bonds. The predicted octanol–water partition coefficient (Wildman–Crippen LogP) is 1.84. The van der Waals surface area contributed by atoms with Crippen molar-refractivity contribution in [3.8, 4) is 5.75 Å². The first-order valence-corrected chi connectivity index (χ1v) is 6.20. The van der Waals surface area contributed by atoms with Crippen molar-refractivity contribution >= 4 is 5.97 Å². The van der Waals surface area contributed by atoms with Gasteiger partial charge in [0.25, 0.3) is 0 Å². The van der Waals surface area contributed by atoms with Crippen LogP contribution in [0.4, 0.5) is 0 Å². The topological polar surface area (TPSA) is 65.0 Å². The van der Waals surface area contributed by atoms with E-state index in [9.17, 15) is 4.79 Å². The standard InChI is InChI=1S/C14H18O5/c1-14(2)18-9-12(19-14)8-17-11-5-3-10(4-6-11)7-13(15)16/h3-6,12H,7-9H2,1-2H3,(H,15,16)/t12-/m0/s1. The molecule has 0 saturated carbocycles. The number of hydrogen-bond acceptors (Lipinski definition) is 4. The Morgan fingerprint density at radius 3 is 2.63 bits per heavy atom. The maximum Gasteiger partial charge on any atom is 0.307 e. The Labute approximate surface area is 112 Å². The highest BCUT2D eigenvalue weighted by Crippen LogP contribution is 2.23. The molecule has 1 heterocycles. The Hall–Kier alpha value is -1.59. The number of ether oxygens (including phenoxy) is 3. The number of carboxylic acids is 1. The van der Waals surface area contributed by atoms with E-state index in [0.717, 1.165) is 5.56 Å². The molecule has 0 bridgehead atoms. The van der Waals surface area contributed by atoms with Crippen LogP contribution in [0.2, 0.25) is 0 Å². The quantitative estimate of drug-likeness (QED) is 0.881. The fraction of sp³-hybridized carbons (Fsp3) is 0.500. The van der Waals surface area contributed by atoms with Gasteiger partial charge in [-0.25, -0.2) is 0 Å². The molecule has 1 atom stereocenters. The molecule has 1 saturated heterocycles. The molecule has 5 heteroatoms. The molecule has 0 unspecified atom stereocenters. The normalized spacial score (nSPS) is 21.3. The third-order valence-corrected chi connectivity index (χ3v) is 2.78. The van der Waals surface area contributed by atoms with E-state index < -0.39 is 11.8 Å². The average molecular weight is 266 g/mol. The largest absolute Gasteiger partial charge is 0.491 e. The van der Waals surface area contributed by atoms with Crippen molar-refractivity contribution in [3.63, 3.8) is 0 Å². The van der Waals surface area contributed by atoms with Crippen LogP contribution >= 0.6 is 0 Å². The van der Waals surface area contributed by atoms with Gasteiger partial charge in [-0.3, -0.25) is 4.79 Å². The van der Waals surface area contributed by atoms with Crippen LogP contribution in [-0.2, 0) is 20.7 Å². The predicted molar refractivity (Wildman–Crippen MR) is 68.2 cm³/mol. The van der Waals surface area contributed by atoms with Gasteiger partial charge in [-0.05, 0) is 31.5 Å². The number of carboxylic acid groups (broad SMARTS) is 1. The molecule has 5 nitrogen and oxygen atoms in total. The minimum atomic E-state index is -0.840. The molecule has 1 N–H and O–H groups in total. The van der Waals surface area contributed by atoms with Gasteiger partial charge >= 0.3 is 5.97 Å². The Bertz CT molecular complexity index is 438. The van der Waals surface area contributed by atoms with Gasteiger partial charge in [-0.2, -0.15) is 0 Å². The molecule has 2 rings (SSSR count). The fourth-order valence-electron chi connectivity index (χ4n) is 1.91. The molecule has 0 aliphatic carbocycles. The van der Waals surface area contributed by atoms with Gasteiger partial charge in [0.15, 0.2) is 5.79 Å². The smallest absolute Gasteiger partial charge is 0.307 e. The summed E-state index contributed by atoms with van der Waals surface area (Å²) in [6, 6.07) is 7.03. The molecule has 1 aromatic carbocycles. The van der Waals surface area contributed by atoms with Crippen LogP contribution in [0.15, 0.2) is 24.3 Å². The summed E-state index contributed by atoms with van der Waals surface area (Å²) < 4.78 is 16.6. The summed E-state index contributed by atoms with van der Waals surface area (Å²) in [6.07, 6.45) is -0.0534. The zero-order valence-electron chi connectivity index (χ0n) is 11.1. The molecule has 1 aromatic rings. The van der Waals surface area contributed by atoms with Gasteiger partial charge in [-0.15, -0.1) is 0 Å². The van der Waals surface area contributed by atoms with Crippen LogP contribution in [0.3, 0.4) is 0 Å². The Morgan fingerprint density at radius 2 is 2.11 bits per heavy atom. The van der Waals surface area contributed by atoms with Crippen LogP contribution < -0.4 is 4.74 Å². The summed E-state index contributed by atoms with van der Waals surface area (Å²) in [5, 5.41) is 8.67. The van der Waals surface area contributed by atoms with E-state index in [-0.39, 0.29) is 12.5 Å². The van der Waals surface area contributed by atoms with Crippen molar-refractivity contribution in [1.82, 2.24) is 0 Å². The average Bonchev–Trinajstić information content (AvgIpc) is 2.67. The van der Waals surface area contributed by atoms with Gasteiger partial charge in [0, 0.05) is 0 Å². The van der Waals surface area contributed by atoms with Gasteiger partial charge in [0.2, 0.25) is 0 Å². The number of benzene rings is 1. The third-order valence-electron chi connectivity index (χ3n) is 2.78. The van der Waals surface area contributed by atoms with Crippen molar-refractivity contribution in [2.75, 3.05) is 13.2 Å². The molecule has 0 spiro atoms. The lowest BCUT2D eigenvalue weighted by Gasteiger charge is -2.17. The highest BCUT2D eigenvalue weighted by molar-refractivity contribution is 5.70. The molecular formula is C14H18O5. The number of carbonyl (C=O) groups is 1. The second-order valence-corrected chi connectivity index (χ2v) is 4.98. The first kappa shape index (κ1) is 13.8. The Kier molecular flexibility index (Phi) is 4.07. The van der Waals surface area contributed by atoms with E-state index >= 15 is 0 Å². The van der Waals surface area contributed by atoms with Crippen molar-refractivity contribution in [2.24, 2.45) is 0 Å². The molecule has 0 radical (unpaired) electrons. The van der Waals surface area contributed by atoms with Gasteiger partial charge in [-0.1, -0.05) is 12.1 Å². The summed E-state index contributed by atoms with van der Waals surface area (Å²) in [6.45, 7) is 4.67. The minimum absolute atomic E-state index is 0.0219. The molecule has 104 valence electrons. The second-order valence-electron chi connectivity index (χ2n) is 4.98. The molecule has 1 fully saturated rings. The SMILES string of the molecule is CC1(C)OC[C@H](COc2ccc(CC(=O)O)cc2)O1. The zero-order valence-corrected chi connectivity index (χ0v) is 11.1. The van der Waals surface area contributed by atoms with E-state index in [4.69, 9.17) is 19.3 Å². The monoisotopic (exact) mass is 266 g/mol. The van der Waals surface area contributed by atoms with Crippen molar-refractivity contribution < 1.29 is 24.1 Å². The minimum Gasteiger partial charge on any atom is -0.491 e. The Balaban J connectivity index is 1.82. The summed E-state index contributed by atoms with van der Waals surface area (Å²) in [5.74, 6) is -0.686. The maximum absolute atomic E-state index is 10.6. The second kappa shape index (κ2) is 5.59. The van der Waals surface area contributed by atoms with Crippen molar-refractivity contribution in [2.45, 2.75) is 32.2 Å².